The fraction of sp³-hybridized carbons (Fsp3) is 0.667. The van der Waals surface area contributed by atoms with Gasteiger partial charge in [0.15, 0.2) is 5.13 Å². The summed E-state index contributed by atoms with van der Waals surface area (Å²) < 4.78 is 36.7. The number of nitrogens with zero attached hydrogens (tertiary/aromatic N) is 1. The molecule has 3 nitrogen and oxygen atoms in total. The van der Waals surface area contributed by atoms with Gasteiger partial charge in [0.2, 0.25) is 0 Å². The Balaban J connectivity index is 2.60. The number of aliphatic hydroxyl groups is 1. The third kappa shape index (κ3) is 3.64. The van der Waals surface area contributed by atoms with E-state index in [0.29, 0.717) is 17.8 Å². The first kappa shape index (κ1) is 13.2. The van der Waals surface area contributed by atoms with E-state index >= 15 is 0 Å². The van der Waals surface area contributed by atoms with E-state index in [2.05, 4.69) is 10.3 Å². The van der Waals surface area contributed by atoms with E-state index in [4.69, 9.17) is 0 Å². The van der Waals surface area contributed by atoms with Crippen molar-refractivity contribution in [2.24, 2.45) is 0 Å². The van der Waals surface area contributed by atoms with Crippen molar-refractivity contribution in [3.8, 4) is 0 Å². The van der Waals surface area contributed by atoms with E-state index in [0.717, 1.165) is 6.20 Å². The first-order chi connectivity index (χ1) is 7.24. The summed E-state index contributed by atoms with van der Waals surface area (Å²) in [6.07, 6.45) is -3.06. The summed E-state index contributed by atoms with van der Waals surface area (Å²) in [6.45, 7) is 3.58. The van der Waals surface area contributed by atoms with Crippen molar-refractivity contribution < 1.29 is 18.3 Å². The molecule has 0 radical (unpaired) electrons. The van der Waals surface area contributed by atoms with Crippen molar-refractivity contribution in [1.82, 2.24) is 4.98 Å². The second kappa shape index (κ2) is 4.58. The average molecular weight is 254 g/mol. The van der Waals surface area contributed by atoms with Gasteiger partial charge in [-0.3, -0.25) is 0 Å². The van der Waals surface area contributed by atoms with Crippen LogP contribution in [0.4, 0.5) is 18.3 Å². The van der Waals surface area contributed by atoms with Crippen LogP contribution in [0.15, 0.2) is 6.20 Å². The van der Waals surface area contributed by atoms with E-state index in [-0.39, 0.29) is 11.7 Å². The van der Waals surface area contributed by atoms with Crippen molar-refractivity contribution in [2.75, 3.05) is 11.9 Å². The van der Waals surface area contributed by atoms with Gasteiger partial charge in [0.05, 0.1) is 11.8 Å². The van der Waals surface area contributed by atoms with Gasteiger partial charge in [0.1, 0.15) is 4.88 Å². The minimum absolute atomic E-state index is 0.168. The number of halogens is 3. The second-order valence-corrected chi connectivity index (χ2v) is 4.76. The zero-order valence-corrected chi connectivity index (χ0v) is 9.74. The number of rotatable bonds is 4. The van der Waals surface area contributed by atoms with Crippen molar-refractivity contribution in [2.45, 2.75) is 32.0 Å². The first-order valence-electron chi connectivity index (χ1n) is 4.74. The highest BCUT2D eigenvalue weighted by Crippen LogP contribution is 2.35. The van der Waals surface area contributed by atoms with E-state index in [1.165, 1.54) is 0 Å². The molecule has 92 valence electrons. The second-order valence-electron chi connectivity index (χ2n) is 3.73. The zero-order valence-electron chi connectivity index (χ0n) is 8.93. The minimum atomic E-state index is -4.36. The molecular formula is C9H13F3N2OS. The van der Waals surface area contributed by atoms with Crippen LogP contribution in [0.1, 0.15) is 25.1 Å². The highest BCUT2D eigenvalue weighted by molar-refractivity contribution is 7.15. The molecular weight excluding hydrogens is 241 g/mol. The Bertz CT molecular complexity index is 349. The van der Waals surface area contributed by atoms with E-state index < -0.39 is 16.7 Å². The molecule has 0 aromatic carbocycles. The van der Waals surface area contributed by atoms with Crippen LogP contribution in [0, 0.1) is 0 Å². The number of nitrogens with one attached hydrogen (secondary N) is 1. The molecule has 0 aliphatic heterocycles. The quantitative estimate of drug-likeness (QED) is 0.868. The molecule has 0 bridgehead atoms. The third-order valence-electron chi connectivity index (χ3n) is 2.17. The number of thiazole rings is 1. The van der Waals surface area contributed by atoms with Gasteiger partial charge >= 0.3 is 6.18 Å². The smallest absolute Gasteiger partial charge is 0.388 e. The third-order valence-corrected chi connectivity index (χ3v) is 3.17. The standard InChI is InChI=1S/C9H13F3N2OS/c1-3-8(2,15)5-14-7-13-4-6(16-7)9(10,11)12/h4,15H,3,5H2,1-2H3,(H,13,14). The molecule has 1 atom stereocenters. The molecule has 1 heterocycles. The molecule has 16 heavy (non-hydrogen) atoms. The van der Waals surface area contributed by atoms with Gasteiger partial charge in [-0.05, 0) is 13.3 Å². The number of anilines is 1. The van der Waals surface area contributed by atoms with Gasteiger partial charge in [-0.1, -0.05) is 18.3 Å². The van der Waals surface area contributed by atoms with Crippen molar-refractivity contribution in [3.63, 3.8) is 0 Å². The van der Waals surface area contributed by atoms with Crippen molar-refractivity contribution >= 4 is 16.5 Å². The topological polar surface area (TPSA) is 45.1 Å². The van der Waals surface area contributed by atoms with Gasteiger partial charge in [0, 0.05) is 6.54 Å². The summed E-state index contributed by atoms with van der Waals surface area (Å²) in [5.41, 5.74) is -0.940. The summed E-state index contributed by atoms with van der Waals surface area (Å²) in [4.78, 5) is 2.85. The fourth-order valence-corrected chi connectivity index (χ4v) is 1.56. The highest BCUT2D eigenvalue weighted by atomic mass is 32.1. The summed E-state index contributed by atoms with van der Waals surface area (Å²) in [6, 6.07) is 0. The van der Waals surface area contributed by atoms with Gasteiger partial charge < -0.3 is 10.4 Å². The van der Waals surface area contributed by atoms with Gasteiger partial charge in [-0.2, -0.15) is 13.2 Å². The van der Waals surface area contributed by atoms with Crippen LogP contribution in [-0.2, 0) is 6.18 Å². The minimum Gasteiger partial charge on any atom is -0.388 e. The summed E-state index contributed by atoms with van der Waals surface area (Å²) in [5.74, 6) is 0. The van der Waals surface area contributed by atoms with Crippen LogP contribution in [-0.4, -0.2) is 22.2 Å². The number of aromatic nitrogens is 1. The van der Waals surface area contributed by atoms with Crippen molar-refractivity contribution in [1.29, 1.82) is 0 Å². The Kier molecular flexibility index (Phi) is 3.80. The molecule has 0 saturated heterocycles. The average Bonchev–Trinajstić information content (AvgIpc) is 2.63. The Hall–Kier alpha value is -0.820. The zero-order chi connectivity index (χ0) is 12.4. The maximum Gasteiger partial charge on any atom is 0.427 e. The number of hydrogen-bond acceptors (Lipinski definition) is 4. The van der Waals surface area contributed by atoms with Gasteiger partial charge in [-0.25, -0.2) is 4.98 Å². The lowest BCUT2D eigenvalue weighted by molar-refractivity contribution is -0.134. The lowest BCUT2D eigenvalue weighted by Gasteiger charge is -2.21. The molecule has 1 rings (SSSR count). The molecule has 0 fully saturated rings. The van der Waals surface area contributed by atoms with Crippen LogP contribution < -0.4 is 5.32 Å². The molecule has 2 N–H and O–H groups in total. The van der Waals surface area contributed by atoms with Crippen LogP contribution in [0.5, 0.6) is 0 Å². The molecule has 1 aromatic heterocycles. The van der Waals surface area contributed by atoms with Crippen LogP contribution in [0.3, 0.4) is 0 Å². The van der Waals surface area contributed by atoms with Crippen LogP contribution in [0.2, 0.25) is 0 Å². The molecule has 0 spiro atoms. The predicted molar refractivity (Wildman–Crippen MR) is 56.5 cm³/mol. The largest absolute Gasteiger partial charge is 0.427 e. The first-order valence-corrected chi connectivity index (χ1v) is 5.55. The molecule has 1 unspecified atom stereocenters. The molecule has 0 saturated carbocycles. The Morgan fingerprint density at radius 2 is 2.12 bits per heavy atom. The van der Waals surface area contributed by atoms with E-state index in [1.807, 2.05) is 0 Å². The molecule has 1 aromatic rings. The monoisotopic (exact) mass is 254 g/mol. The Morgan fingerprint density at radius 1 is 1.50 bits per heavy atom. The molecule has 0 amide bonds. The van der Waals surface area contributed by atoms with E-state index in [9.17, 15) is 18.3 Å². The van der Waals surface area contributed by atoms with Crippen molar-refractivity contribution in [3.05, 3.63) is 11.1 Å². The highest BCUT2D eigenvalue weighted by Gasteiger charge is 2.33. The molecule has 0 aliphatic rings. The van der Waals surface area contributed by atoms with Crippen LogP contribution in [0.25, 0.3) is 0 Å². The Labute approximate surface area is 95.3 Å². The fourth-order valence-electron chi connectivity index (χ4n) is 0.878. The predicted octanol–water partition coefficient (Wildman–Crippen LogP) is 2.73. The maximum atomic E-state index is 12.2. The van der Waals surface area contributed by atoms with Gasteiger partial charge in [0.25, 0.3) is 0 Å². The summed E-state index contributed by atoms with van der Waals surface area (Å²) in [7, 11) is 0. The molecule has 0 aliphatic carbocycles. The summed E-state index contributed by atoms with van der Waals surface area (Å²) >= 11 is 0.533. The maximum absolute atomic E-state index is 12.2. The Morgan fingerprint density at radius 3 is 2.56 bits per heavy atom. The molecule has 7 heteroatoms. The number of alkyl halides is 3. The number of hydrogen-bond donors (Lipinski definition) is 2. The van der Waals surface area contributed by atoms with Crippen LogP contribution >= 0.6 is 11.3 Å². The van der Waals surface area contributed by atoms with E-state index in [1.54, 1.807) is 13.8 Å². The lowest BCUT2D eigenvalue weighted by Crippen LogP contribution is -2.32. The van der Waals surface area contributed by atoms with Gasteiger partial charge in [-0.15, -0.1) is 0 Å². The lowest BCUT2D eigenvalue weighted by atomic mass is 10.0. The normalized spacial score (nSPS) is 15.9. The summed E-state index contributed by atoms with van der Waals surface area (Å²) in [5, 5.41) is 12.5. The SMILES string of the molecule is CCC(C)(O)CNc1ncc(C(F)(F)F)s1.